The highest BCUT2D eigenvalue weighted by atomic mass is 35.5. The highest BCUT2D eigenvalue weighted by Gasteiger charge is 2.35. The van der Waals surface area contributed by atoms with Crippen LogP contribution in [-0.4, -0.2) is 42.9 Å². The quantitative estimate of drug-likeness (QED) is 0.570. The minimum atomic E-state index is -0.378. The second-order valence-corrected chi connectivity index (χ2v) is 7.05. The van der Waals surface area contributed by atoms with Gasteiger partial charge in [-0.1, -0.05) is 23.7 Å². The second-order valence-electron chi connectivity index (χ2n) is 6.62. The second kappa shape index (κ2) is 8.54. The number of hydrogen-bond donors (Lipinski definition) is 1. The summed E-state index contributed by atoms with van der Waals surface area (Å²) in [5.74, 6) is -1.03. The van der Waals surface area contributed by atoms with Crippen LogP contribution in [0.4, 0.5) is 0 Å². The van der Waals surface area contributed by atoms with Gasteiger partial charge < -0.3 is 10.1 Å². The minimum Gasteiger partial charge on any atom is -0.385 e. The predicted octanol–water partition coefficient (Wildman–Crippen LogP) is 3.46. The molecule has 6 nitrogen and oxygen atoms in total. The van der Waals surface area contributed by atoms with E-state index in [1.807, 2.05) is 19.1 Å². The third-order valence-corrected chi connectivity index (χ3v) is 4.93. The van der Waals surface area contributed by atoms with Gasteiger partial charge in [0.2, 0.25) is 0 Å². The Balaban J connectivity index is 1.73. The first-order chi connectivity index (χ1) is 13.4. The molecule has 3 amide bonds. The molecule has 0 saturated heterocycles. The molecule has 0 fully saturated rings. The molecule has 1 aliphatic rings. The number of nitrogens with one attached hydrogen (secondary N) is 1. The Morgan fingerprint density at radius 2 is 1.79 bits per heavy atom. The lowest BCUT2D eigenvalue weighted by molar-refractivity contribution is 0.0638. The fraction of sp³-hybridized carbons (Fsp3) is 0.286. The van der Waals surface area contributed by atoms with Gasteiger partial charge in [-0.15, -0.1) is 0 Å². The number of carbonyl (C=O) groups excluding carboxylic acids is 3. The summed E-state index contributed by atoms with van der Waals surface area (Å²) in [6.45, 7) is 2.61. The summed E-state index contributed by atoms with van der Waals surface area (Å²) in [6, 6.07) is 11.6. The average Bonchev–Trinajstić information content (AvgIpc) is 2.93. The molecule has 0 saturated carbocycles. The van der Waals surface area contributed by atoms with Gasteiger partial charge in [0.15, 0.2) is 0 Å². The monoisotopic (exact) mass is 400 g/mol. The molecule has 28 heavy (non-hydrogen) atoms. The standard InChI is InChI=1S/C21H21ClN2O4/c1-13(14-4-7-16(22)8-5-14)23-19(25)15-6-9-17-18(12-15)21(27)24(20(17)26)10-3-11-28-2/h4-9,12-13H,3,10-11H2,1-2H3,(H,23,25)/t13-/m0/s1. The summed E-state index contributed by atoms with van der Waals surface area (Å²) < 4.78 is 4.97. The molecule has 1 heterocycles. The number of imide groups is 1. The van der Waals surface area contributed by atoms with Crippen molar-refractivity contribution in [2.45, 2.75) is 19.4 Å². The third-order valence-electron chi connectivity index (χ3n) is 4.68. The van der Waals surface area contributed by atoms with E-state index in [0.29, 0.717) is 29.2 Å². The number of methoxy groups -OCH3 is 1. The molecule has 3 rings (SSSR count). The van der Waals surface area contributed by atoms with Crippen molar-refractivity contribution < 1.29 is 19.1 Å². The van der Waals surface area contributed by atoms with E-state index in [1.165, 1.54) is 17.0 Å². The van der Waals surface area contributed by atoms with Crippen LogP contribution in [0, 0.1) is 0 Å². The van der Waals surface area contributed by atoms with Crippen LogP contribution in [0.1, 0.15) is 56.0 Å². The van der Waals surface area contributed by atoms with Crippen molar-refractivity contribution in [2.75, 3.05) is 20.3 Å². The van der Waals surface area contributed by atoms with Gasteiger partial charge in [0.05, 0.1) is 17.2 Å². The van der Waals surface area contributed by atoms with Gasteiger partial charge in [0, 0.05) is 30.8 Å². The summed E-state index contributed by atoms with van der Waals surface area (Å²) in [6.07, 6.45) is 0.563. The smallest absolute Gasteiger partial charge is 0.261 e. The molecule has 146 valence electrons. The van der Waals surface area contributed by atoms with Crippen LogP contribution in [0.25, 0.3) is 0 Å². The maximum absolute atomic E-state index is 12.6. The fourth-order valence-electron chi connectivity index (χ4n) is 3.12. The number of nitrogens with zero attached hydrogens (tertiary/aromatic N) is 1. The molecular weight excluding hydrogens is 380 g/mol. The SMILES string of the molecule is COCCCN1C(=O)c2ccc(C(=O)N[C@@H](C)c3ccc(Cl)cc3)cc2C1=O. The van der Waals surface area contributed by atoms with Crippen LogP contribution in [0.15, 0.2) is 42.5 Å². The van der Waals surface area contributed by atoms with Gasteiger partial charge in [0.1, 0.15) is 0 Å². The Labute approximate surface area is 168 Å². The first kappa shape index (κ1) is 20.0. The van der Waals surface area contributed by atoms with Crippen molar-refractivity contribution in [3.63, 3.8) is 0 Å². The lowest BCUT2D eigenvalue weighted by Crippen LogP contribution is -2.31. The third kappa shape index (κ3) is 4.08. The van der Waals surface area contributed by atoms with Gasteiger partial charge in [-0.25, -0.2) is 0 Å². The maximum atomic E-state index is 12.6. The summed E-state index contributed by atoms with van der Waals surface area (Å²) in [7, 11) is 1.57. The number of hydrogen-bond acceptors (Lipinski definition) is 4. The molecule has 2 aromatic rings. The van der Waals surface area contributed by atoms with E-state index in [4.69, 9.17) is 16.3 Å². The Morgan fingerprint density at radius 3 is 2.46 bits per heavy atom. The molecule has 1 aliphatic heterocycles. The molecule has 7 heteroatoms. The van der Waals surface area contributed by atoms with Gasteiger partial charge in [-0.3, -0.25) is 19.3 Å². The Hall–Kier alpha value is -2.70. The number of ether oxygens (including phenoxy) is 1. The highest BCUT2D eigenvalue weighted by molar-refractivity contribution is 6.30. The zero-order chi connectivity index (χ0) is 20.3. The number of benzene rings is 2. The van der Waals surface area contributed by atoms with Crippen LogP contribution >= 0.6 is 11.6 Å². The molecule has 0 spiro atoms. The lowest BCUT2D eigenvalue weighted by atomic mass is 10.0. The summed E-state index contributed by atoms with van der Waals surface area (Å²) >= 11 is 5.89. The molecular formula is C21H21ClN2O4. The van der Waals surface area contributed by atoms with Crippen LogP contribution in [-0.2, 0) is 4.74 Å². The number of amides is 3. The van der Waals surface area contributed by atoms with Crippen LogP contribution in [0.3, 0.4) is 0 Å². The van der Waals surface area contributed by atoms with Crippen LogP contribution in [0.2, 0.25) is 5.02 Å². The Kier molecular flexibility index (Phi) is 6.11. The molecule has 0 radical (unpaired) electrons. The number of carbonyl (C=O) groups is 3. The molecule has 0 bridgehead atoms. The van der Waals surface area contributed by atoms with Crippen molar-refractivity contribution in [3.05, 3.63) is 69.7 Å². The lowest BCUT2D eigenvalue weighted by Gasteiger charge is -2.14. The van der Waals surface area contributed by atoms with E-state index in [9.17, 15) is 14.4 Å². The predicted molar refractivity (Wildman–Crippen MR) is 106 cm³/mol. The molecule has 2 aromatic carbocycles. The van der Waals surface area contributed by atoms with Crippen LogP contribution in [0.5, 0.6) is 0 Å². The van der Waals surface area contributed by atoms with E-state index in [-0.39, 0.29) is 35.9 Å². The average molecular weight is 401 g/mol. The van der Waals surface area contributed by atoms with E-state index in [2.05, 4.69) is 5.32 Å². The number of fused-ring (bicyclic) bond motifs is 1. The van der Waals surface area contributed by atoms with Gasteiger partial charge in [-0.05, 0) is 49.2 Å². The molecule has 1 N–H and O–H groups in total. The van der Waals surface area contributed by atoms with Crippen molar-refractivity contribution in [1.82, 2.24) is 10.2 Å². The Bertz CT molecular complexity index is 911. The largest absolute Gasteiger partial charge is 0.385 e. The molecule has 0 aromatic heterocycles. The molecule has 1 atom stereocenters. The van der Waals surface area contributed by atoms with Crippen molar-refractivity contribution >= 4 is 29.3 Å². The first-order valence-electron chi connectivity index (χ1n) is 8.98. The zero-order valence-electron chi connectivity index (χ0n) is 15.7. The van der Waals surface area contributed by atoms with Crippen molar-refractivity contribution in [1.29, 1.82) is 0 Å². The van der Waals surface area contributed by atoms with Gasteiger partial charge in [-0.2, -0.15) is 0 Å². The molecule has 0 unspecified atom stereocenters. The van der Waals surface area contributed by atoms with E-state index in [0.717, 1.165) is 5.56 Å². The summed E-state index contributed by atoms with van der Waals surface area (Å²) in [5, 5.41) is 3.52. The van der Waals surface area contributed by atoms with E-state index < -0.39 is 0 Å². The normalized spacial score (nSPS) is 14.2. The van der Waals surface area contributed by atoms with E-state index >= 15 is 0 Å². The van der Waals surface area contributed by atoms with Crippen LogP contribution < -0.4 is 5.32 Å². The van der Waals surface area contributed by atoms with Gasteiger partial charge >= 0.3 is 0 Å². The fourth-order valence-corrected chi connectivity index (χ4v) is 3.24. The van der Waals surface area contributed by atoms with Crippen molar-refractivity contribution in [3.8, 4) is 0 Å². The topological polar surface area (TPSA) is 75.7 Å². The van der Waals surface area contributed by atoms with E-state index in [1.54, 1.807) is 25.3 Å². The summed E-state index contributed by atoms with van der Waals surface area (Å²) in [4.78, 5) is 38.8. The number of rotatable bonds is 7. The Morgan fingerprint density at radius 1 is 1.11 bits per heavy atom. The maximum Gasteiger partial charge on any atom is 0.261 e. The number of halogens is 1. The summed E-state index contributed by atoms with van der Waals surface area (Å²) in [5.41, 5.74) is 1.83. The zero-order valence-corrected chi connectivity index (χ0v) is 16.5. The first-order valence-corrected chi connectivity index (χ1v) is 9.35. The molecule has 0 aliphatic carbocycles. The van der Waals surface area contributed by atoms with Crippen molar-refractivity contribution in [2.24, 2.45) is 0 Å². The minimum absolute atomic E-state index is 0.235. The highest BCUT2D eigenvalue weighted by Crippen LogP contribution is 2.25. The van der Waals surface area contributed by atoms with Gasteiger partial charge in [0.25, 0.3) is 17.7 Å².